The van der Waals surface area contributed by atoms with Gasteiger partial charge in [-0.25, -0.2) is 0 Å². The van der Waals surface area contributed by atoms with Gasteiger partial charge in [-0.2, -0.15) is 0 Å². The Morgan fingerprint density at radius 1 is 1.40 bits per heavy atom. The third kappa shape index (κ3) is 4.06. The lowest BCUT2D eigenvalue weighted by Gasteiger charge is -2.28. The summed E-state index contributed by atoms with van der Waals surface area (Å²) in [6, 6.07) is 1.96. The molecule has 1 N–H and O–H groups in total. The van der Waals surface area contributed by atoms with Crippen molar-refractivity contribution in [3.63, 3.8) is 0 Å². The molecule has 1 aromatic rings. The highest BCUT2D eigenvalue weighted by Gasteiger charge is 2.21. The zero-order valence-corrected chi connectivity index (χ0v) is 13.5. The molecule has 0 spiro atoms. The highest BCUT2D eigenvalue weighted by atomic mass is 32.1. The van der Waals surface area contributed by atoms with E-state index in [0.29, 0.717) is 25.2 Å². The first-order chi connectivity index (χ1) is 9.58. The molecule has 1 saturated carbocycles. The van der Waals surface area contributed by atoms with Crippen molar-refractivity contribution in [2.45, 2.75) is 52.6 Å². The second-order valence-corrected chi connectivity index (χ2v) is 7.03. The molecule has 1 heterocycles. The maximum atomic E-state index is 12.0. The zero-order chi connectivity index (χ0) is 14.5. The summed E-state index contributed by atoms with van der Waals surface area (Å²) in [6.07, 6.45) is 5.42. The van der Waals surface area contributed by atoms with E-state index < -0.39 is 0 Å². The van der Waals surface area contributed by atoms with Gasteiger partial charge in [-0.05, 0) is 44.2 Å². The van der Waals surface area contributed by atoms with Gasteiger partial charge in [-0.3, -0.25) is 4.79 Å². The van der Waals surface area contributed by atoms with Gasteiger partial charge in [-0.1, -0.05) is 19.8 Å². The van der Waals surface area contributed by atoms with Crippen LogP contribution in [0.1, 0.15) is 52.7 Å². The number of thiophene rings is 1. The molecule has 112 valence electrons. The quantitative estimate of drug-likeness (QED) is 0.841. The molecule has 3 nitrogen and oxygen atoms in total. The van der Waals surface area contributed by atoms with E-state index in [-0.39, 0.29) is 5.91 Å². The average molecular weight is 295 g/mol. The maximum Gasteiger partial charge on any atom is 0.261 e. The Balaban J connectivity index is 1.69. The summed E-state index contributed by atoms with van der Waals surface area (Å²) in [5, 5.41) is 2.94. The summed E-state index contributed by atoms with van der Waals surface area (Å²) >= 11 is 1.56. The van der Waals surface area contributed by atoms with E-state index in [1.165, 1.54) is 36.1 Å². The van der Waals surface area contributed by atoms with Gasteiger partial charge in [0, 0.05) is 11.4 Å². The van der Waals surface area contributed by atoms with Crippen LogP contribution in [0.4, 0.5) is 0 Å². The fraction of sp³-hybridized carbons (Fsp3) is 0.688. The van der Waals surface area contributed by atoms with Crippen LogP contribution in [-0.2, 0) is 4.74 Å². The lowest BCUT2D eigenvalue weighted by molar-refractivity contribution is -0.00292. The molecule has 1 amide bonds. The average Bonchev–Trinajstić information content (AvgIpc) is 2.76. The Morgan fingerprint density at radius 2 is 2.15 bits per heavy atom. The highest BCUT2D eigenvalue weighted by Crippen LogP contribution is 2.26. The minimum atomic E-state index is 0.0199. The summed E-state index contributed by atoms with van der Waals surface area (Å²) in [6.45, 7) is 7.56. The smallest absolute Gasteiger partial charge is 0.261 e. The van der Waals surface area contributed by atoms with E-state index in [4.69, 9.17) is 4.74 Å². The standard InChI is InChI=1S/C16H25NO2S/c1-11-6-4-5-7-14(11)19-9-8-17-16(18)15-10-12(2)13(3)20-15/h10-11,14H,4-9H2,1-3H3,(H,17,18)/t11-,14+/m0/s1. The Kier molecular flexibility index (Phi) is 5.61. The summed E-state index contributed by atoms with van der Waals surface area (Å²) in [4.78, 5) is 14.0. The number of aryl methyl sites for hydroxylation is 2. The Labute approximate surface area is 125 Å². The van der Waals surface area contributed by atoms with Crippen LogP contribution >= 0.6 is 11.3 Å². The molecule has 0 saturated heterocycles. The van der Waals surface area contributed by atoms with Crippen molar-refractivity contribution < 1.29 is 9.53 Å². The molecule has 1 aliphatic carbocycles. The molecule has 4 heteroatoms. The van der Waals surface area contributed by atoms with Gasteiger partial charge in [0.2, 0.25) is 0 Å². The predicted octanol–water partition coefficient (Wildman–Crippen LogP) is 3.69. The third-order valence-corrected chi connectivity index (χ3v) is 5.29. The SMILES string of the molecule is Cc1cc(C(=O)NCCO[C@@H]2CCCC[C@@H]2C)sc1C. The second kappa shape index (κ2) is 7.23. The molecule has 20 heavy (non-hydrogen) atoms. The molecule has 0 bridgehead atoms. The number of rotatable bonds is 5. The number of hydrogen-bond acceptors (Lipinski definition) is 3. The van der Waals surface area contributed by atoms with E-state index in [1.807, 2.05) is 19.9 Å². The lowest BCUT2D eigenvalue weighted by atomic mass is 9.88. The van der Waals surface area contributed by atoms with Gasteiger partial charge in [-0.15, -0.1) is 11.3 Å². The molecule has 0 aliphatic heterocycles. The van der Waals surface area contributed by atoms with Crippen molar-refractivity contribution in [1.82, 2.24) is 5.32 Å². The van der Waals surface area contributed by atoms with Crippen LogP contribution in [0.15, 0.2) is 6.07 Å². The number of ether oxygens (including phenoxy) is 1. The normalized spacial score (nSPS) is 22.8. The second-order valence-electron chi connectivity index (χ2n) is 5.78. The maximum absolute atomic E-state index is 12.0. The van der Waals surface area contributed by atoms with E-state index in [2.05, 4.69) is 12.2 Å². The topological polar surface area (TPSA) is 38.3 Å². The molecule has 1 aliphatic rings. The van der Waals surface area contributed by atoms with Crippen molar-refractivity contribution in [3.8, 4) is 0 Å². The third-order valence-electron chi connectivity index (χ3n) is 4.14. The van der Waals surface area contributed by atoms with Crippen LogP contribution in [0.25, 0.3) is 0 Å². The number of carbonyl (C=O) groups excluding carboxylic acids is 1. The monoisotopic (exact) mass is 295 g/mol. The number of amides is 1. The first-order valence-corrected chi connectivity index (χ1v) is 8.36. The molecular weight excluding hydrogens is 270 g/mol. The van der Waals surface area contributed by atoms with Crippen LogP contribution in [0, 0.1) is 19.8 Å². The number of hydrogen-bond donors (Lipinski definition) is 1. The molecule has 2 rings (SSSR count). The van der Waals surface area contributed by atoms with Crippen molar-refractivity contribution >= 4 is 17.2 Å². The predicted molar refractivity (Wildman–Crippen MR) is 83.5 cm³/mol. The summed E-state index contributed by atoms with van der Waals surface area (Å²) < 4.78 is 5.90. The van der Waals surface area contributed by atoms with Crippen molar-refractivity contribution in [3.05, 3.63) is 21.4 Å². The molecule has 1 aromatic heterocycles. The molecule has 0 radical (unpaired) electrons. The van der Waals surface area contributed by atoms with Gasteiger partial charge in [0.25, 0.3) is 5.91 Å². The van der Waals surface area contributed by atoms with Gasteiger partial charge < -0.3 is 10.1 Å². The van der Waals surface area contributed by atoms with Gasteiger partial charge >= 0.3 is 0 Å². The molecule has 2 atom stereocenters. The first-order valence-electron chi connectivity index (χ1n) is 7.54. The largest absolute Gasteiger partial charge is 0.376 e. The van der Waals surface area contributed by atoms with Gasteiger partial charge in [0.15, 0.2) is 0 Å². The van der Waals surface area contributed by atoms with Gasteiger partial charge in [0.05, 0.1) is 17.6 Å². The van der Waals surface area contributed by atoms with Crippen LogP contribution in [-0.4, -0.2) is 25.2 Å². The molecule has 1 fully saturated rings. The number of carbonyl (C=O) groups is 1. The van der Waals surface area contributed by atoms with E-state index in [1.54, 1.807) is 11.3 Å². The fourth-order valence-electron chi connectivity index (χ4n) is 2.68. The zero-order valence-electron chi connectivity index (χ0n) is 12.7. The van der Waals surface area contributed by atoms with Crippen LogP contribution in [0.2, 0.25) is 0 Å². The molecular formula is C16H25NO2S. The summed E-state index contributed by atoms with van der Waals surface area (Å²) in [7, 11) is 0. The minimum Gasteiger partial charge on any atom is -0.376 e. The molecule has 0 aromatic carbocycles. The van der Waals surface area contributed by atoms with E-state index in [0.717, 1.165) is 4.88 Å². The highest BCUT2D eigenvalue weighted by molar-refractivity contribution is 7.14. The lowest BCUT2D eigenvalue weighted by Crippen LogP contribution is -2.31. The first kappa shape index (κ1) is 15.5. The number of nitrogens with one attached hydrogen (secondary N) is 1. The van der Waals surface area contributed by atoms with Crippen LogP contribution < -0.4 is 5.32 Å². The Morgan fingerprint density at radius 3 is 2.80 bits per heavy atom. The van der Waals surface area contributed by atoms with E-state index in [9.17, 15) is 4.79 Å². The summed E-state index contributed by atoms with van der Waals surface area (Å²) in [5.41, 5.74) is 1.19. The minimum absolute atomic E-state index is 0.0199. The fourth-order valence-corrected chi connectivity index (χ4v) is 3.63. The molecule has 0 unspecified atom stereocenters. The van der Waals surface area contributed by atoms with Crippen molar-refractivity contribution in [1.29, 1.82) is 0 Å². The Bertz CT molecular complexity index is 436. The van der Waals surface area contributed by atoms with E-state index >= 15 is 0 Å². The summed E-state index contributed by atoms with van der Waals surface area (Å²) in [5.74, 6) is 0.675. The Hall–Kier alpha value is -0.870. The van der Waals surface area contributed by atoms with Crippen molar-refractivity contribution in [2.24, 2.45) is 5.92 Å². The van der Waals surface area contributed by atoms with Crippen LogP contribution in [0.5, 0.6) is 0 Å². The van der Waals surface area contributed by atoms with Gasteiger partial charge in [0.1, 0.15) is 0 Å². The van der Waals surface area contributed by atoms with Crippen molar-refractivity contribution in [2.75, 3.05) is 13.2 Å². The van der Waals surface area contributed by atoms with Crippen LogP contribution in [0.3, 0.4) is 0 Å².